The van der Waals surface area contributed by atoms with E-state index in [1.165, 1.54) is 0 Å². The minimum Gasteiger partial charge on any atom is -0.308 e. The van der Waals surface area contributed by atoms with Crippen molar-refractivity contribution in [2.45, 2.75) is 6.92 Å². The molecular weight excluding hydrogens is 240 g/mol. The molecule has 0 saturated carbocycles. The van der Waals surface area contributed by atoms with Gasteiger partial charge in [-0.1, -0.05) is 12.1 Å². The fourth-order valence-electron chi connectivity index (χ4n) is 1.66. The smallest absolute Gasteiger partial charge is 0.308 e. The molecule has 0 radical (unpaired) electrons. The molecule has 19 heavy (non-hydrogen) atoms. The number of anilines is 2. The lowest BCUT2D eigenvalue weighted by Crippen LogP contribution is -2.19. The maximum Gasteiger partial charge on any atom is 0.323 e. The van der Waals surface area contributed by atoms with Crippen LogP contribution in [0.25, 0.3) is 0 Å². The summed E-state index contributed by atoms with van der Waals surface area (Å²) >= 11 is 0. The highest BCUT2D eigenvalue weighted by Crippen LogP contribution is 2.12. The standard InChI is InChI=1S/C15H14N2O2/c1-11-3-2-4-14(9-11)17-15(19)16-13-7-5-12(10-18)6-8-13/h2-10H,1H3,(H2,16,17,19). The molecule has 0 unspecified atom stereocenters. The zero-order valence-electron chi connectivity index (χ0n) is 10.5. The van der Waals surface area contributed by atoms with Crippen LogP contribution in [0.15, 0.2) is 48.5 Å². The number of urea groups is 1. The zero-order chi connectivity index (χ0) is 13.7. The highest BCUT2D eigenvalue weighted by Gasteiger charge is 2.02. The molecule has 2 N–H and O–H groups in total. The van der Waals surface area contributed by atoms with E-state index in [-0.39, 0.29) is 6.03 Å². The molecule has 96 valence electrons. The Labute approximate surface area is 111 Å². The van der Waals surface area contributed by atoms with Crippen molar-refractivity contribution in [3.05, 3.63) is 59.7 Å². The molecule has 2 amide bonds. The van der Waals surface area contributed by atoms with Crippen LogP contribution in [0.4, 0.5) is 16.2 Å². The van der Waals surface area contributed by atoms with Gasteiger partial charge in [0.1, 0.15) is 6.29 Å². The fraction of sp³-hybridized carbons (Fsp3) is 0.0667. The van der Waals surface area contributed by atoms with E-state index in [1.54, 1.807) is 24.3 Å². The molecule has 2 aromatic rings. The van der Waals surface area contributed by atoms with Crippen LogP contribution < -0.4 is 10.6 Å². The second-order valence-corrected chi connectivity index (χ2v) is 4.19. The van der Waals surface area contributed by atoms with E-state index >= 15 is 0 Å². The molecule has 0 aliphatic rings. The van der Waals surface area contributed by atoms with Crippen LogP contribution in [0.5, 0.6) is 0 Å². The molecule has 0 aliphatic heterocycles. The number of aryl methyl sites for hydroxylation is 1. The minimum atomic E-state index is -0.315. The molecule has 0 spiro atoms. The number of amides is 2. The van der Waals surface area contributed by atoms with E-state index in [9.17, 15) is 9.59 Å². The number of carbonyl (C=O) groups excluding carboxylic acids is 2. The van der Waals surface area contributed by atoms with Crippen LogP contribution >= 0.6 is 0 Å². The zero-order valence-corrected chi connectivity index (χ0v) is 10.5. The first-order chi connectivity index (χ1) is 9.17. The van der Waals surface area contributed by atoms with Crippen molar-refractivity contribution in [2.24, 2.45) is 0 Å². The predicted molar refractivity (Wildman–Crippen MR) is 75.6 cm³/mol. The Morgan fingerprint density at radius 1 is 1.00 bits per heavy atom. The summed E-state index contributed by atoms with van der Waals surface area (Å²) in [5.41, 5.74) is 3.02. The lowest BCUT2D eigenvalue weighted by atomic mass is 10.2. The Balaban J connectivity index is 1.98. The van der Waals surface area contributed by atoms with E-state index in [0.717, 1.165) is 17.5 Å². The first-order valence-corrected chi connectivity index (χ1v) is 5.87. The van der Waals surface area contributed by atoms with Crippen molar-refractivity contribution >= 4 is 23.7 Å². The summed E-state index contributed by atoms with van der Waals surface area (Å²) in [6.07, 6.45) is 0.761. The van der Waals surface area contributed by atoms with Crippen molar-refractivity contribution < 1.29 is 9.59 Å². The summed E-state index contributed by atoms with van der Waals surface area (Å²) in [4.78, 5) is 22.3. The van der Waals surface area contributed by atoms with Crippen molar-refractivity contribution in [2.75, 3.05) is 10.6 Å². The van der Waals surface area contributed by atoms with Gasteiger partial charge in [0, 0.05) is 16.9 Å². The van der Waals surface area contributed by atoms with Gasteiger partial charge in [0.2, 0.25) is 0 Å². The molecule has 2 aromatic carbocycles. The van der Waals surface area contributed by atoms with Gasteiger partial charge in [-0.2, -0.15) is 0 Å². The Morgan fingerprint density at radius 3 is 2.32 bits per heavy atom. The van der Waals surface area contributed by atoms with Gasteiger partial charge in [-0.3, -0.25) is 4.79 Å². The highest BCUT2D eigenvalue weighted by atomic mass is 16.2. The Morgan fingerprint density at radius 2 is 1.68 bits per heavy atom. The Kier molecular flexibility index (Phi) is 3.93. The topological polar surface area (TPSA) is 58.2 Å². The maximum atomic E-state index is 11.8. The van der Waals surface area contributed by atoms with Crippen LogP contribution in [0.3, 0.4) is 0 Å². The third kappa shape index (κ3) is 3.67. The summed E-state index contributed by atoms with van der Waals surface area (Å²) in [7, 11) is 0. The van der Waals surface area contributed by atoms with Crippen molar-refractivity contribution in [3.63, 3.8) is 0 Å². The van der Waals surface area contributed by atoms with Crippen LogP contribution in [-0.2, 0) is 0 Å². The number of carbonyl (C=O) groups is 2. The molecule has 0 heterocycles. The lowest BCUT2D eigenvalue weighted by molar-refractivity contribution is 0.112. The third-order valence-electron chi connectivity index (χ3n) is 2.58. The number of nitrogens with one attached hydrogen (secondary N) is 2. The first kappa shape index (κ1) is 12.8. The largest absolute Gasteiger partial charge is 0.323 e. The number of aldehydes is 1. The summed E-state index contributed by atoms with van der Waals surface area (Å²) in [6, 6.07) is 13.9. The van der Waals surface area contributed by atoms with Crippen molar-refractivity contribution in [1.82, 2.24) is 0 Å². The fourth-order valence-corrected chi connectivity index (χ4v) is 1.66. The van der Waals surface area contributed by atoms with Crippen molar-refractivity contribution in [3.8, 4) is 0 Å². The van der Waals surface area contributed by atoms with Crippen LogP contribution in [0, 0.1) is 6.92 Å². The first-order valence-electron chi connectivity index (χ1n) is 5.87. The molecule has 0 bridgehead atoms. The number of hydrogen-bond acceptors (Lipinski definition) is 2. The molecule has 0 atom stereocenters. The highest BCUT2D eigenvalue weighted by molar-refractivity contribution is 5.99. The average molecular weight is 254 g/mol. The van der Waals surface area contributed by atoms with E-state index in [2.05, 4.69) is 10.6 Å². The van der Waals surface area contributed by atoms with Crippen LogP contribution in [-0.4, -0.2) is 12.3 Å². The summed E-state index contributed by atoms with van der Waals surface area (Å²) in [5, 5.41) is 5.44. The number of benzene rings is 2. The lowest BCUT2D eigenvalue weighted by Gasteiger charge is -2.08. The molecule has 4 heteroatoms. The van der Waals surface area contributed by atoms with Crippen molar-refractivity contribution in [1.29, 1.82) is 0 Å². The van der Waals surface area contributed by atoms with Crippen LogP contribution in [0.1, 0.15) is 15.9 Å². The van der Waals surface area contributed by atoms with Gasteiger partial charge in [0.05, 0.1) is 0 Å². The van der Waals surface area contributed by atoms with Gasteiger partial charge in [0.15, 0.2) is 0 Å². The number of hydrogen-bond donors (Lipinski definition) is 2. The van der Waals surface area contributed by atoms with Gasteiger partial charge in [-0.05, 0) is 48.9 Å². The Hall–Kier alpha value is -2.62. The molecule has 0 aliphatic carbocycles. The molecule has 0 saturated heterocycles. The molecule has 0 fully saturated rings. The van der Waals surface area contributed by atoms with Gasteiger partial charge in [0.25, 0.3) is 0 Å². The van der Waals surface area contributed by atoms with E-state index in [4.69, 9.17) is 0 Å². The average Bonchev–Trinajstić information content (AvgIpc) is 2.39. The van der Waals surface area contributed by atoms with E-state index in [0.29, 0.717) is 11.3 Å². The second kappa shape index (κ2) is 5.82. The predicted octanol–water partition coefficient (Wildman–Crippen LogP) is 3.45. The minimum absolute atomic E-state index is 0.315. The van der Waals surface area contributed by atoms with Gasteiger partial charge in [-0.25, -0.2) is 4.79 Å². The quantitative estimate of drug-likeness (QED) is 0.824. The summed E-state index contributed by atoms with van der Waals surface area (Å²) in [5.74, 6) is 0. The molecule has 4 nitrogen and oxygen atoms in total. The van der Waals surface area contributed by atoms with Crippen LogP contribution in [0.2, 0.25) is 0 Å². The summed E-state index contributed by atoms with van der Waals surface area (Å²) < 4.78 is 0. The maximum absolute atomic E-state index is 11.8. The Bertz CT molecular complexity index is 591. The van der Waals surface area contributed by atoms with Gasteiger partial charge < -0.3 is 10.6 Å². The molecule has 0 aromatic heterocycles. The van der Waals surface area contributed by atoms with Gasteiger partial charge >= 0.3 is 6.03 Å². The van der Waals surface area contributed by atoms with Gasteiger partial charge in [-0.15, -0.1) is 0 Å². The SMILES string of the molecule is Cc1cccc(NC(=O)Nc2ccc(C=O)cc2)c1. The molecular formula is C15H14N2O2. The third-order valence-corrected chi connectivity index (χ3v) is 2.58. The second-order valence-electron chi connectivity index (χ2n) is 4.19. The molecule has 2 rings (SSSR count). The number of rotatable bonds is 3. The van der Waals surface area contributed by atoms with E-state index < -0.39 is 0 Å². The normalized spacial score (nSPS) is 9.74. The van der Waals surface area contributed by atoms with E-state index in [1.807, 2.05) is 31.2 Å². The monoisotopic (exact) mass is 254 g/mol. The summed E-state index contributed by atoms with van der Waals surface area (Å²) in [6.45, 7) is 1.96.